The van der Waals surface area contributed by atoms with Crippen LogP contribution in [0.5, 0.6) is 11.5 Å². The van der Waals surface area contributed by atoms with E-state index in [0.717, 1.165) is 0 Å². The molecule has 0 amide bonds. The van der Waals surface area contributed by atoms with Gasteiger partial charge in [0.15, 0.2) is 5.75 Å². The van der Waals surface area contributed by atoms with E-state index in [1.165, 1.54) is 0 Å². The lowest BCUT2D eigenvalue weighted by atomic mass is 9.81. The summed E-state index contributed by atoms with van der Waals surface area (Å²) in [5.41, 5.74) is 0.938. The molecule has 0 unspecified atom stereocenters. The molecule has 2 nitrogen and oxygen atoms in total. The second-order valence-corrected chi connectivity index (χ2v) is 6.34. The van der Waals surface area contributed by atoms with E-state index in [4.69, 9.17) is 0 Å². The molecule has 0 aromatic heterocycles. The number of phenolic OH excluding ortho intramolecular Hbond substituents is 1. The minimum absolute atomic E-state index is 0.0973. The maximum absolute atomic E-state index is 12.0. The van der Waals surface area contributed by atoms with Crippen molar-refractivity contribution >= 4 is 0 Å². The van der Waals surface area contributed by atoms with Crippen molar-refractivity contribution in [1.82, 2.24) is 0 Å². The molecule has 0 heterocycles. The standard InChI is InChI=1S/C14H21O2/c1-13(2,3)9-7-8-10(14(4,5)6)12(16)11(9)15/h7-8,15H,1-6H3. The summed E-state index contributed by atoms with van der Waals surface area (Å²) in [7, 11) is 0. The van der Waals surface area contributed by atoms with Crippen molar-refractivity contribution < 1.29 is 10.2 Å². The van der Waals surface area contributed by atoms with Gasteiger partial charge in [-0.2, -0.15) is 0 Å². The highest BCUT2D eigenvalue weighted by Crippen LogP contribution is 2.43. The van der Waals surface area contributed by atoms with Gasteiger partial charge in [-0.3, -0.25) is 5.11 Å². The van der Waals surface area contributed by atoms with Crippen LogP contribution in [0.15, 0.2) is 12.1 Å². The largest absolute Gasteiger partial charge is 0.504 e. The Kier molecular flexibility index (Phi) is 2.97. The van der Waals surface area contributed by atoms with Crippen molar-refractivity contribution in [1.29, 1.82) is 0 Å². The van der Waals surface area contributed by atoms with Crippen molar-refractivity contribution in [2.24, 2.45) is 0 Å². The van der Waals surface area contributed by atoms with Gasteiger partial charge in [0.25, 0.3) is 0 Å². The quantitative estimate of drug-likeness (QED) is 0.703. The van der Waals surface area contributed by atoms with Crippen LogP contribution in [0.4, 0.5) is 0 Å². The van der Waals surface area contributed by atoms with Crippen LogP contribution < -0.4 is 0 Å². The van der Waals surface area contributed by atoms with Crippen molar-refractivity contribution in [3.63, 3.8) is 0 Å². The van der Waals surface area contributed by atoms with E-state index < -0.39 is 0 Å². The molecule has 1 aromatic rings. The summed E-state index contributed by atoms with van der Waals surface area (Å²) in [4.78, 5) is 0. The minimum Gasteiger partial charge on any atom is -0.504 e. The molecule has 2 heteroatoms. The van der Waals surface area contributed by atoms with E-state index in [2.05, 4.69) is 0 Å². The monoisotopic (exact) mass is 221 g/mol. The molecule has 16 heavy (non-hydrogen) atoms. The second-order valence-electron chi connectivity index (χ2n) is 6.34. The molecular formula is C14H21O2. The first-order valence-electron chi connectivity index (χ1n) is 5.59. The lowest BCUT2D eigenvalue weighted by Gasteiger charge is -2.25. The highest BCUT2D eigenvalue weighted by molar-refractivity contribution is 5.54. The number of aromatic hydroxyl groups is 1. The first-order chi connectivity index (χ1) is 7.05. The van der Waals surface area contributed by atoms with Crippen LogP contribution in [-0.4, -0.2) is 5.11 Å². The van der Waals surface area contributed by atoms with Crippen molar-refractivity contribution in [2.45, 2.75) is 52.4 Å². The number of rotatable bonds is 0. The maximum Gasteiger partial charge on any atom is 0.224 e. The van der Waals surface area contributed by atoms with Gasteiger partial charge < -0.3 is 5.11 Å². The Balaban J connectivity index is 3.41. The predicted octanol–water partition coefficient (Wildman–Crippen LogP) is 4.13. The average molecular weight is 221 g/mol. The summed E-state index contributed by atoms with van der Waals surface area (Å²) in [5, 5.41) is 22.0. The van der Waals surface area contributed by atoms with Gasteiger partial charge in [-0.15, -0.1) is 0 Å². The molecule has 1 radical (unpaired) electrons. The van der Waals surface area contributed by atoms with E-state index in [1.807, 2.05) is 53.7 Å². The SMILES string of the molecule is CC(C)(C)c1ccc(C(C)(C)C)c(O)c1[O]. The topological polar surface area (TPSA) is 40.1 Å². The maximum atomic E-state index is 12.0. The van der Waals surface area contributed by atoms with Gasteiger partial charge in [0.05, 0.1) is 0 Å². The summed E-state index contributed by atoms with van der Waals surface area (Å²) in [6.07, 6.45) is 0. The summed E-state index contributed by atoms with van der Waals surface area (Å²) in [6.45, 7) is 11.9. The Bertz CT molecular complexity index is 353. The molecule has 0 spiro atoms. The first-order valence-corrected chi connectivity index (χ1v) is 5.59. The van der Waals surface area contributed by atoms with Crippen LogP contribution in [0.1, 0.15) is 52.7 Å². The number of hydrogen-bond donors (Lipinski definition) is 1. The summed E-state index contributed by atoms with van der Waals surface area (Å²) in [5.74, 6) is -0.333. The molecule has 1 aromatic carbocycles. The number of hydrogen-bond acceptors (Lipinski definition) is 1. The molecule has 1 rings (SSSR count). The molecule has 0 bridgehead atoms. The molecule has 0 saturated heterocycles. The lowest BCUT2D eigenvalue weighted by molar-refractivity contribution is 0.307. The van der Waals surface area contributed by atoms with Gasteiger partial charge in [-0.1, -0.05) is 53.7 Å². The van der Waals surface area contributed by atoms with Crippen LogP contribution in [0, 0.1) is 0 Å². The van der Waals surface area contributed by atoms with Gasteiger partial charge in [0.1, 0.15) is 0 Å². The van der Waals surface area contributed by atoms with Crippen LogP contribution in [0.25, 0.3) is 0 Å². The van der Waals surface area contributed by atoms with Gasteiger partial charge >= 0.3 is 0 Å². The molecular weight excluding hydrogens is 200 g/mol. The Morgan fingerprint density at radius 2 is 1.25 bits per heavy atom. The molecule has 0 saturated carbocycles. The lowest BCUT2D eigenvalue weighted by Crippen LogP contribution is -2.15. The predicted molar refractivity (Wildman–Crippen MR) is 65.6 cm³/mol. The Morgan fingerprint density at radius 1 is 0.875 bits per heavy atom. The van der Waals surface area contributed by atoms with Crippen molar-refractivity contribution in [3.8, 4) is 11.5 Å². The molecule has 0 aliphatic rings. The van der Waals surface area contributed by atoms with Crippen LogP contribution in [0.2, 0.25) is 0 Å². The number of phenols is 1. The molecule has 0 atom stereocenters. The average Bonchev–Trinajstić information content (AvgIpc) is 2.05. The molecule has 89 valence electrons. The van der Waals surface area contributed by atoms with Gasteiger partial charge in [-0.05, 0) is 10.8 Å². The fourth-order valence-electron chi connectivity index (χ4n) is 1.77. The zero-order chi connectivity index (χ0) is 12.7. The van der Waals surface area contributed by atoms with E-state index >= 15 is 0 Å². The highest BCUT2D eigenvalue weighted by atomic mass is 16.3. The van der Waals surface area contributed by atoms with Crippen molar-refractivity contribution in [3.05, 3.63) is 23.3 Å². The fourth-order valence-corrected chi connectivity index (χ4v) is 1.77. The summed E-state index contributed by atoms with van der Waals surface area (Å²) < 4.78 is 0. The normalized spacial score (nSPS) is 12.9. The van der Waals surface area contributed by atoms with E-state index in [-0.39, 0.29) is 22.3 Å². The molecule has 0 aliphatic heterocycles. The van der Waals surface area contributed by atoms with E-state index in [1.54, 1.807) is 0 Å². The number of benzene rings is 1. The third-order valence-electron chi connectivity index (χ3n) is 2.75. The third kappa shape index (κ3) is 2.31. The van der Waals surface area contributed by atoms with E-state index in [0.29, 0.717) is 11.1 Å². The minimum atomic E-state index is -0.236. The molecule has 0 fully saturated rings. The van der Waals surface area contributed by atoms with Crippen molar-refractivity contribution in [2.75, 3.05) is 0 Å². The van der Waals surface area contributed by atoms with Crippen LogP contribution in [0.3, 0.4) is 0 Å². The van der Waals surface area contributed by atoms with Gasteiger partial charge in [0.2, 0.25) is 5.75 Å². The van der Waals surface area contributed by atoms with Crippen LogP contribution in [-0.2, 0) is 15.9 Å². The second kappa shape index (κ2) is 3.69. The third-order valence-corrected chi connectivity index (χ3v) is 2.75. The highest BCUT2D eigenvalue weighted by Gasteiger charge is 2.27. The molecule has 1 N–H and O–H groups in total. The Labute approximate surface area is 97.9 Å². The zero-order valence-electron chi connectivity index (χ0n) is 11.0. The smallest absolute Gasteiger partial charge is 0.224 e. The van der Waals surface area contributed by atoms with Crippen LogP contribution >= 0.6 is 0 Å². The summed E-state index contributed by atoms with van der Waals surface area (Å²) >= 11 is 0. The van der Waals surface area contributed by atoms with E-state index in [9.17, 15) is 10.2 Å². The molecule has 0 aliphatic carbocycles. The van der Waals surface area contributed by atoms with Gasteiger partial charge in [-0.25, -0.2) is 0 Å². The first kappa shape index (κ1) is 12.9. The Morgan fingerprint density at radius 3 is 1.62 bits per heavy atom. The zero-order valence-corrected chi connectivity index (χ0v) is 11.0. The van der Waals surface area contributed by atoms with Gasteiger partial charge in [0, 0.05) is 11.1 Å². The summed E-state index contributed by atoms with van der Waals surface area (Å²) in [6, 6.07) is 3.69. The Hall–Kier alpha value is -1.18. The fraction of sp³-hybridized carbons (Fsp3) is 0.571.